The molecule has 0 spiro atoms. The van der Waals surface area contributed by atoms with Crippen LogP contribution < -0.4 is 5.32 Å². The molecule has 1 aromatic carbocycles. The molecular weight excluding hydrogens is 432 g/mol. The predicted octanol–water partition coefficient (Wildman–Crippen LogP) is 5.60. The summed E-state index contributed by atoms with van der Waals surface area (Å²) < 4.78 is 3.06. The molecule has 2 aromatic rings. The smallest absolute Gasteiger partial charge is 0.0795 e. The van der Waals surface area contributed by atoms with E-state index in [2.05, 4.69) is 70.4 Å². The van der Waals surface area contributed by atoms with Crippen LogP contribution in [0.2, 0.25) is 0 Å². The number of anilines is 1. The van der Waals surface area contributed by atoms with E-state index in [0.29, 0.717) is 0 Å². The standard InChI is InChI=1S/C11H9Br3N2S/c1-6(10-4-17-5-15-10)16-11-8(13)2-7(12)3-9(11)14/h2-6,16H,1H3. The molecule has 1 unspecified atom stereocenters. The molecule has 17 heavy (non-hydrogen) atoms. The van der Waals surface area contributed by atoms with Crippen LogP contribution in [-0.4, -0.2) is 4.98 Å². The summed E-state index contributed by atoms with van der Waals surface area (Å²) in [5, 5.41) is 5.49. The first-order valence-corrected chi connectivity index (χ1v) is 8.19. The maximum Gasteiger partial charge on any atom is 0.0795 e. The van der Waals surface area contributed by atoms with Crippen molar-refractivity contribution in [2.75, 3.05) is 5.32 Å². The van der Waals surface area contributed by atoms with Gasteiger partial charge in [0.25, 0.3) is 0 Å². The first-order valence-electron chi connectivity index (χ1n) is 4.87. The van der Waals surface area contributed by atoms with Crippen molar-refractivity contribution in [2.45, 2.75) is 13.0 Å². The van der Waals surface area contributed by atoms with Crippen molar-refractivity contribution in [3.05, 3.63) is 42.1 Å². The Kier molecular flexibility index (Phi) is 4.63. The molecule has 0 aliphatic heterocycles. The zero-order chi connectivity index (χ0) is 12.4. The molecule has 0 bridgehead atoms. The van der Waals surface area contributed by atoms with Crippen LogP contribution in [0, 0.1) is 0 Å². The normalized spacial score (nSPS) is 12.5. The predicted molar refractivity (Wildman–Crippen MR) is 83.7 cm³/mol. The molecule has 2 nitrogen and oxygen atoms in total. The minimum absolute atomic E-state index is 0.176. The lowest BCUT2D eigenvalue weighted by Crippen LogP contribution is -2.07. The van der Waals surface area contributed by atoms with Crippen LogP contribution in [0.15, 0.2) is 36.4 Å². The van der Waals surface area contributed by atoms with Crippen molar-refractivity contribution >= 4 is 64.8 Å². The fourth-order valence-electron chi connectivity index (χ4n) is 1.41. The van der Waals surface area contributed by atoms with Crippen molar-refractivity contribution in [3.8, 4) is 0 Å². The number of benzene rings is 1. The Labute approximate surface area is 129 Å². The van der Waals surface area contributed by atoms with Gasteiger partial charge in [0, 0.05) is 18.8 Å². The first kappa shape index (κ1) is 13.5. The summed E-state index contributed by atoms with van der Waals surface area (Å²) in [6.45, 7) is 2.09. The van der Waals surface area contributed by atoms with Crippen LogP contribution in [0.3, 0.4) is 0 Å². The van der Waals surface area contributed by atoms with Gasteiger partial charge in [-0.2, -0.15) is 0 Å². The molecule has 0 fully saturated rings. The lowest BCUT2D eigenvalue weighted by atomic mass is 10.2. The van der Waals surface area contributed by atoms with E-state index in [1.54, 1.807) is 11.3 Å². The van der Waals surface area contributed by atoms with Crippen LogP contribution in [0.4, 0.5) is 5.69 Å². The van der Waals surface area contributed by atoms with Gasteiger partial charge in [0.05, 0.1) is 22.9 Å². The number of hydrogen-bond donors (Lipinski definition) is 1. The van der Waals surface area contributed by atoms with Gasteiger partial charge in [-0.15, -0.1) is 11.3 Å². The van der Waals surface area contributed by atoms with Gasteiger partial charge in [0.15, 0.2) is 0 Å². The maximum absolute atomic E-state index is 4.31. The molecule has 0 amide bonds. The van der Waals surface area contributed by atoms with Gasteiger partial charge >= 0.3 is 0 Å². The highest BCUT2D eigenvalue weighted by Crippen LogP contribution is 2.36. The molecule has 0 radical (unpaired) electrons. The SMILES string of the molecule is CC(Nc1c(Br)cc(Br)cc1Br)c1cscn1. The summed E-state index contributed by atoms with van der Waals surface area (Å²) in [6.07, 6.45) is 0. The Morgan fingerprint density at radius 1 is 1.24 bits per heavy atom. The number of aromatic nitrogens is 1. The summed E-state index contributed by atoms with van der Waals surface area (Å²) >= 11 is 12.2. The number of halogens is 3. The summed E-state index contributed by atoms with van der Waals surface area (Å²) in [4.78, 5) is 4.31. The van der Waals surface area contributed by atoms with Crippen LogP contribution in [0.1, 0.15) is 18.7 Å². The molecule has 1 heterocycles. The van der Waals surface area contributed by atoms with Gasteiger partial charge < -0.3 is 5.32 Å². The van der Waals surface area contributed by atoms with E-state index in [-0.39, 0.29) is 6.04 Å². The number of thiazole rings is 1. The molecular formula is C11H9Br3N2S. The van der Waals surface area contributed by atoms with Gasteiger partial charge in [-0.05, 0) is 50.9 Å². The maximum atomic E-state index is 4.31. The van der Waals surface area contributed by atoms with E-state index < -0.39 is 0 Å². The minimum Gasteiger partial charge on any atom is -0.375 e. The first-order chi connectivity index (χ1) is 8.08. The molecule has 6 heteroatoms. The summed E-state index contributed by atoms with van der Waals surface area (Å²) in [7, 11) is 0. The number of rotatable bonds is 3. The quantitative estimate of drug-likeness (QED) is 0.671. The van der Waals surface area contributed by atoms with Gasteiger partial charge in [0.1, 0.15) is 0 Å². The van der Waals surface area contributed by atoms with Crippen molar-refractivity contribution in [3.63, 3.8) is 0 Å². The molecule has 1 aromatic heterocycles. The Hall–Kier alpha value is 0.0900. The fraction of sp³-hybridized carbons (Fsp3) is 0.182. The fourth-order valence-corrected chi connectivity index (χ4v) is 4.54. The largest absolute Gasteiger partial charge is 0.375 e. The van der Waals surface area contributed by atoms with Gasteiger partial charge in [0.2, 0.25) is 0 Å². The highest BCUT2D eigenvalue weighted by Gasteiger charge is 2.12. The van der Waals surface area contributed by atoms with Crippen LogP contribution >= 0.6 is 59.1 Å². The van der Waals surface area contributed by atoms with E-state index in [1.165, 1.54) is 0 Å². The summed E-state index contributed by atoms with van der Waals surface area (Å²) in [5.74, 6) is 0. The summed E-state index contributed by atoms with van der Waals surface area (Å²) in [5.41, 5.74) is 3.93. The van der Waals surface area contributed by atoms with Crippen molar-refractivity contribution in [2.24, 2.45) is 0 Å². The average Bonchev–Trinajstić information content (AvgIpc) is 2.76. The monoisotopic (exact) mass is 438 g/mol. The molecule has 0 aliphatic rings. The molecule has 2 rings (SSSR count). The van der Waals surface area contributed by atoms with E-state index in [9.17, 15) is 0 Å². The molecule has 1 N–H and O–H groups in total. The van der Waals surface area contributed by atoms with Crippen LogP contribution in [0.25, 0.3) is 0 Å². The summed E-state index contributed by atoms with van der Waals surface area (Å²) in [6, 6.07) is 4.21. The van der Waals surface area contributed by atoms with Gasteiger partial charge in [-0.25, -0.2) is 4.98 Å². The molecule has 0 aliphatic carbocycles. The zero-order valence-corrected chi connectivity index (χ0v) is 14.5. The zero-order valence-electron chi connectivity index (χ0n) is 8.88. The van der Waals surface area contributed by atoms with E-state index in [4.69, 9.17) is 0 Å². The van der Waals surface area contributed by atoms with Crippen molar-refractivity contribution in [1.29, 1.82) is 0 Å². The highest BCUT2D eigenvalue weighted by atomic mass is 79.9. The van der Waals surface area contributed by atoms with E-state index in [1.807, 2.05) is 17.6 Å². The molecule has 90 valence electrons. The second-order valence-electron chi connectivity index (χ2n) is 3.52. The third-order valence-corrected chi connectivity index (χ3v) is 4.58. The molecule has 1 atom stereocenters. The van der Waals surface area contributed by atoms with E-state index >= 15 is 0 Å². The number of hydrogen-bond acceptors (Lipinski definition) is 3. The Bertz CT molecular complexity index is 490. The minimum atomic E-state index is 0.176. The molecule has 0 saturated heterocycles. The Morgan fingerprint density at radius 3 is 2.41 bits per heavy atom. The average molecular weight is 441 g/mol. The second kappa shape index (κ2) is 5.82. The van der Waals surface area contributed by atoms with Crippen molar-refractivity contribution < 1.29 is 0 Å². The second-order valence-corrected chi connectivity index (χ2v) is 6.87. The lowest BCUT2D eigenvalue weighted by molar-refractivity contribution is 0.848. The van der Waals surface area contributed by atoms with Crippen LogP contribution in [0.5, 0.6) is 0 Å². The third-order valence-electron chi connectivity index (χ3n) is 2.26. The van der Waals surface area contributed by atoms with Gasteiger partial charge in [-0.1, -0.05) is 15.9 Å². The molecule has 0 saturated carbocycles. The van der Waals surface area contributed by atoms with E-state index in [0.717, 1.165) is 24.8 Å². The Morgan fingerprint density at radius 2 is 1.88 bits per heavy atom. The Balaban J connectivity index is 2.25. The van der Waals surface area contributed by atoms with Gasteiger partial charge in [-0.3, -0.25) is 0 Å². The topological polar surface area (TPSA) is 24.9 Å². The third kappa shape index (κ3) is 3.30. The van der Waals surface area contributed by atoms with Crippen molar-refractivity contribution in [1.82, 2.24) is 4.98 Å². The number of nitrogens with zero attached hydrogens (tertiary/aromatic N) is 1. The van der Waals surface area contributed by atoms with Crippen LogP contribution in [-0.2, 0) is 0 Å². The lowest BCUT2D eigenvalue weighted by Gasteiger charge is -2.16. The number of nitrogens with one attached hydrogen (secondary N) is 1. The highest BCUT2D eigenvalue weighted by molar-refractivity contribution is 9.11.